The van der Waals surface area contributed by atoms with Crippen LogP contribution in [-0.2, 0) is 0 Å². The zero-order valence-corrected chi connectivity index (χ0v) is 11.1. The lowest BCUT2D eigenvalue weighted by Crippen LogP contribution is -2.25. The minimum absolute atomic E-state index is 0.217. The molecule has 1 aromatic heterocycles. The van der Waals surface area contributed by atoms with Gasteiger partial charge in [0.2, 0.25) is 0 Å². The van der Waals surface area contributed by atoms with E-state index in [4.69, 9.17) is 5.73 Å². The lowest BCUT2D eigenvalue weighted by molar-refractivity contribution is 0.587. The van der Waals surface area contributed by atoms with E-state index in [0.717, 1.165) is 0 Å². The average molecular weight is 292 g/mol. The van der Waals surface area contributed by atoms with Crippen LogP contribution in [0.25, 0.3) is 0 Å². The molecule has 14 heavy (non-hydrogen) atoms. The van der Waals surface area contributed by atoms with Crippen molar-refractivity contribution < 1.29 is 0 Å². The van der Waals surface area contributed by atoms with E-state index < -0.39 is 0 Å². The summed E-state index contributed by atoms with van der Waals surface area (Å²) in [5.41, 5.74) is 6.27. The molecule has 2 atom stereocenters. The van der Waals surface area contributed by atoms with E-state index in [1.807, 2.05) is 11.8 Å². The molecule has 1 aliphatic rings. The molecule has 1 nitrogen and oxygen atoms in total. The topological polar surface area (TPSA) is 26.0 Å². The summed E-state index contributed by atoms with van der Waals surface area (Å²) in [6.45, 7) is 0. The van der Waals surface area contributed by atoms with Gasteiger partial charge in [0.15, 0.2) is 0 Å². The van der Waals surface area contributed by atoms with Crippen molar-refractivity contribution in [2.45, 2.75) is 30.6 Å². The first kappa shape index (κ1) is 11.0. The van der Waals surface area contributed by atoms with Crippen LogP contribution < -0.4 is 5.73 Å². The Morgan fingerprint density at radius 1 is 1.50 bits per heavy atom. The second kappa shape index (κ2) is 5.01. The molecule has 0 aromatic carbocycles. The minimum atomic E-state index is 0.217. The van der Waals surface area contributed by atoms with Crippen LogP contribution >= 0.6 is 39.0 Å². The molecule has 2 rings (SSSR count). The highest BCUT2D eigenvalue weighted by Gasteiger charge is 2.24. The number of rotatable bonds is 2. The first-order valence-corrected chi connectivity index (χ1v) is 7.61. The van der Waals surface area contributed by atoms with Crippen molar-refractivity contribution in [2.24, 2.45) is 5.73 Å². The van der Waals surface area contributed by atoms with Gasteiger partial charge in [-0.15, -0.1) is 11.3 Å². The van der Waals surface area contributed by atoms with Crippen LogP contribution in [0.5, 0.6) is 0 Å². The Labute approximate surface area is 102 Å². The molecule has 0 saturated carbocycles. The largest absolute Gasteiger partial charge is 0.322 e. The number of thioether (sulfide) groups is 1. The maximum Gasteiger partial charge on any atom is 0.0521 e. The molecule has 0 bridgehead atoms. The van der Waals surface area contributed by atoms with E-state index in [2.05, 4.69) is 27.4 Å². The van der Waals surface area contributed by atoms with Gasteiger partial charge in [0.25, 0.3) is 0 Å². The molecule has 1 aliphatic heterocycles. The maximum absolute atomic E-state index is 6.27. The molecule has 78 valence electrons. The minimum Gasteiger partial charge on any atom is -0.322 e. The van der Waals surface area contributed by atoms with Gasteiger partial charge >= 0.3 is 0 Å². The van der Waals surface area contributed by atoms with E-state index in [9.17, 15) is 0 Å². The number of hydrogen-bond donors (Lipinski definition) is 1. The summed E-state index contributed by atoms with van der Waals surface area (Å²) in [6, 6.07) is 2.31. The maximum atomic E-state index is 6.27. The summed E-state index contributed by atoms with van der Waals surface area (Å²) in [6.07, 6.45) is 3.98. The SMILES string of the molecule is NC(c1sccc1Br)C1CCCCS1. The highest BCUT2D eigenvalue weighted by Crippen LogP contribution is 2.37. The molecule has 1 saturated heterocycles. The van der Waals surface area contributed by atoms with Crippen LogP contribution in [0.4, 0.5) is 0 Å². The number of nitrogens with two attached hydrogens (primary N) is 1. The normalized spacial score (nSPS) is 24.9. The Kier molecular flexibility index (Phi) is 3.93. The first-order chi connectivity index (χ1) is 6.79. The highest BCUT2D eigenvalue weighted by atomic mass is 79.9. The number of halogens is 1. The molecule has 1 aromatic rings. The zero-order valence-electron chi connectivity index (χ0n) is 7.91. The third-order valence-electron chi connectivity index (χ3n) is 2.56. The van der Waals surface area contributed by atoms with E-state index in [-0.39, 0.29) is 6.04 Å². The van der Waals surface area contributed by atoms with Gasteiger partial charge in [-0.2, -0.15) is 11.8 Å². The standard InChI is InChI=1S/C10H14BrNS2/c11-7-4-6-14-10(7)9(12)8-3-1-2-5-13-8/h4,6,8-9H,1-3,5,12H2. The smallest absolute Gasteiger partial charge is 0.0521 e. The molecule has 0 radical (unpaired) electrons. The van der Waals surface area contributed by atoms with E-state index >= 15 is 0 Å². The highest BCUT2D eigenvalue weighted by molar-refractivity contribution is 9.10. The van der Waals surface area contributed by atoms with Gasteiger partial charge in [0, 0.05) is 14.6 Å². The molecule has 0 aliphatic carbocycles. The monoisotopic (exact) mass is 291 g/mol. The fourth-order valence-corrected chi connectivity index (χ4v) is 4.90. The van der Waals surface area contributed by atoms with Gasteiger partial charge in [0.1, 0.15) is 0 Å². The molecule has 2 N–H and O–H groups in total. The third kappa shape index (κ3) is 2.35. The average Bonchev–Trinajstić information content (AvgIpc) is 2.65. The summed E-state index contributed by atoms with van der Waals surface area (Å²) in [5, 5.41) is 2.73. The fourth-order valence-electron chi connectivity index (χ4n) is 1.76. The van der Waals surface area contributed by atoms with Crippen LogP contribution in [-0.4, -0.2) is 11.0 Å². The number of hydrogen-bond acceptors (Lipinski definition) is 3. The Morgan fingerprint density at radius 3 is 2.93 bits per heavy atom. The van der Waals surface area contributed by atoms with Gasteiger partial charge in [-0.3, -0.25) is 0 Å². The van der Waals surface area contributed by atoms with Crippen molar-refractivity contribution in [3.05, 3.63) is 20.8 Å². The van der Waals surface area contributed by atoms with Crippen molar-refractivity contribution in [1.29, 1.82) is 0 Å². The third-order valence-corrected chi connectivity index (χ3v) is 6.02. The second-order valence-electron chi connectivity index (χ2n) is 3.56. The number of thiophene rings is 1. The summed E-state index contributed by atoms with van der Waals surface area (Å²) in [5.74, 6) is 1.28. The Balaban J connectivity index is 2.07. The molecule has 0 spiro atoms. The van der Waals surface area contributed by atoms with Gasteiger partial charge < -0.3 is 5.73 Å². The van der Waals surface area contributed by atoms with E-state index in [1.165, 1.54) is 34.4 Å². The van der Waals surface area contributed by atoms with Crippen LogP contribution in [0.3, 0.4) is 0 Å². The summed E-state index contributed by atoms with van der Waals surface area (Å²) in [4.78, 5) is 1.31. The molecular formula is C10H14BrNS2. The Hall–Kier alpha value is 0.490. The van der Waals surface area contributed by atoms with Crippen molar-refractivity contribution in [3.63, 3.8) is 0 Å². The van der Waals surface area contributed by atoms with Crippen molar-refractivity contribution in [3.8, 4) is 0 Å². The van der Waals surface area contributed by atoms with Crippen molar-refractivity contribution in [1.82, 2.24) is 0 Å². The quantitative estimate of drug-likeness (QED) is 0.897. The molecule has 1 fully saturated rings. The Bertz CT molecular complexity index is 294. The fraction of sp³-hybridized carbons (Fsp3) is 0.600. The van der Waals surface area contributed by atoms with Gasteiger partial charge in [-0.05, 0) is 46.0 Å². The molecule has 2 heterocycles. The summed E-state index contributed by atoms with van der Waals surface area (Å²) in [7, 11) is 0. The van der Waals surface area contributed by atoms with E-state index in [0.29, 0.717) is 5.25 Å². The Morgan fingerprint density at radius 2 is 2.36 bits per heavy atom. The first-order valence-electron chi connectivity index (χ1n) is 4.89. The zero-order chi connectivity index (χ0) is 9.97. The summed E-state index contributed by atoms with van der Waals surface area (Å²) >= 11 is 7.36. The van der Waals surface area contributed by atoms with Crippen LogP contribution in [0.2, 0.25) is 0 Å². The molecule has 4 heteroatoms. The predicted octanol–water partition coefficient (Wildman–Crippen LogP) is 3.80. The van der Waals surface area contributed by atoms with Gasteiger partial charge in [-0.1, -0.05) is 6.42 Å². The second-order valence-corrected chi connectivity index (χ2v) is 6.71. The lowest BCUT2D eigenvalue weighted by atomic mass is 10.1. The van der Waals surface area contributed by atoms with Crippen LogP contribution in [0, 0.1) is 0 Å². The summed E-state index contributed by atoms with van der Waals surface area (Å²) < 4.78 is 1.18. The predicted molar refractivity (Wildman–Crippen MR) is 69.0 cm³/mol. The molecule has 2 unspecified atom stereocenters. The van der Waals surface area contributed by atoms with Crippen molar-refractivity contribution >= 4 is 39.0 Å². The van der Waals surface area contributed by atoms with Crippen LogP contribution in [0.1, 0.15) is 30.2 Å². The molecular weight excluding hydrogens is 278 g/mol. The van der Waals surface area contributed by atoms with Crippen LogP contribution in [0.15, 0.2) is 15.9 Å². The van der Waals surface area contributed by atoms with Crippen molar-refractivity contribution in [2.75, 3.05) is 5.75 Å². The van der Waals surface area contributed by atoms with E-state index in [1.54, 1.807) is 11.3 Å². The molecule has 0 amide bonds. The van der Waals surface area contributed by atoms with Gasteiger partial charge in [0.05, 0.1) is 6.04 Å². The lowest BCUT2D eigenvalue weighted by Gasteiger charge is -2.26. The van der Waals surface area contributed by atoms with Gasteiger partial charge in [-0.25, -0.2) is 0 Å².